The molecule has 0 radical (unpaired) electrons. The van der Waals surface area contributed by atoms with Crippen LogP contribution in [-0.2, 0) is 0 Å². The van der Waals surface area contributed by atoms with Gasteiger partial charge >= 0.3 is 0 Å². The Morgan fingerprint density at radius 3 is 2.50 bits per heavy atom. The zero-order valence-electron chi connectivity index (χ0n) is 13.8. The minimum Gasteiger partial charge on any atom is -0.365 e. The highest BCUT2D eigenvalue weighted by Crippen LogP contribution is 2.26. The summed E-state index contributed by atoms with van der Waals surface area (Å²) < 4.78 is 14.2. The Kier molecular flexibility index (Phi) is 4.47. The van der Waals surface area contributed by atoms with Gasteiger partial charge in [0.2, 0.25) is 5.95 Å². The lowest BCUT2D eigenvalue weighted by atomic mass is 10.1. The average Bonchev–Trinajstić information content (AvgIpc) is 2.61. The number of piperazine rings is 1. The lowest BCUT2D eigenvalue weighted by molar-refractivity contribution is 0.595. The van der Waals surface area contributed by atoms with Crippen LogP contribution in [0.3, 0.4) is 0 Å². The van der Waals surface area contributed by atoms with Crippen LogP contribution in [0.4, 0.5) is 21.8 Å². The third-order valence-electron chi connectivity index (χ3n) is 4.06. The van der Waals surface area contributed by atoms with E-state index in [0.29, 0.717) is 43.4 Å². The van der Waals surface area contributed by atoms with Crippen molar-refractivity contribution in [3.8, 4) is 6.07 Å². The van der Waals surface area contributed by atoms with Crippen LogP contribution >= 0.6 is 0 Å². The maximum atomic E-state index is 14.2. The molecule has 6 nitrogen and oxygen atoms in total. The first-order chi connectivity index (χ1) is 11.6. The Morgan fingerprint density at radius 1 is 1.12 bits per heavy atom. The van der Waals surface area contributed by atoms with Crippen LogP contribution < -0.4 is 14.7 Å². The van der Waals surface area contributed by atoms with Gasteiger partial charge in [-0.1, -0.05) is 6.07 Å². The molecule has 0 spiro atoms. The van der Waals surface area contributed by atoms with Crippen molar-refractivity contribution in [1.82, 2.24) is 9.97 Å². The smallest absolute Gasteiger partial charge is 0.226 e. The highest BCUT2D eigenvalue weighted by Gasteiger charge is 2.23. The molecule has 0 saturated carbocycles. The molecule has 0 bridgehead atoms. The van der Waals surface area contributed by atoms with Crippen LogP contribution in [0, 0.1) is 17.1 Å². The standard InChI is InChI=1S/C17H19FN6/c1-22(2)17-20-7-6-15(21-17)23-8-10-24(11-9-23)16-13(12-19)4-3-5-14(16)18/h3-7H,8-11H2,1-2H3. The fourth-order valence-electron chi connectivity index (χ4n) is 2.82. The number of para-hydroxylation sites is 1. The fraction of sp³-hybridized carbons (Fsp3) is 0.353. The van der Waals surface area contributed by atoms with E-state index in [0.717, 1.165) is 5.82 Å². The van der Waals surface area contributed by atoms with Gasteiger partial charge in [0, 0.05) is 46.5 Å². The van der Waals surface area contributed by atoms with Crippen molar-refractivity contribution in [3.05, 3.63) is 41.8 Å². The molecule has 1 aromatic heterocycles. The van der Waals surface area contributed by atoms with E-state index in [-0.39, 0.29) is 5.82 Å². The number of rotatable bonds is 3. The van der Waals surface area contributed by atoms with Gasteiger partial charge in [-0.2, -0.15) is 10.2 Å². The van der Waals surface area contributed by atoms with Crippen LogP contribution in [0.2, 0.25) is 0 Å². The number of hydrogen-bond acceptors (Lipinski definition) is 6. The van der Waals surface area contributed by atoms with Gasteiger partial charge in [-0.25, -0.2) is 9.37 Å². The Labute approximate surface area is 140 Å². The molecule has 1 saturated heterocycles. The molecule has 1 aliphatic rings. The predicted molar refractivity (Wildman–Crippen MR) is 91.9 cm³/mol. The topological polar surface area (TPSA) is 59.3 Å². The minimum absolute atomic E-state index is 0.348. The number of nitriles is 1. The third kappa shape index (κ3) is 3.08. The number of nitrogens with zero attached hydrogens (tertiary/aromatic N) is 6. The summed E-state index contributed by atoms with van der Waals surface area (Å²) in [4.78, 5) is 14.7. The Bertz CT molecular complexity index is 762. The Hall–Kier alpha value is -2.88. The van der Waals surface area contributed by atoms with Crippen molar-refractivity contribution < 1.29 is 4.39 Å². The number of anilines is 3. The van der Waals surface area contributed by atoms with E-state index in [1.807, 2.05) is 30.0 Å². The molecular formula is C17H19FN6. The summed E-state index contributed by atoms with van der Waals surface area (Å²) in [5.41, 5.74) is 0.775. The van der Waals surface area contributed by atoms with Gasteiger partial charge in [-0.05, 0) is 18.2 Å². The first-order valence-electron chi connectivity index (χ1n) is 7.79. The second kappa shape index (κ2) is 6.71. The van der Waals surface area contributed by atoms with Crippen LogP contribution in [0.15, 0.2) is 30.5 Å². The van der Waals surface area contributed by atoms with Crippen molar-refractivity contribution >= 4 is 17.5 Å². The van der Waals surface area contributed by atoms with E-state index in [4.69, 9.17) is 0 Å². The number of aromatic nitrogens is 2. The molecule has 2 aromatic rings. The van der Waals surface area contributed by atoms with Crippen LogP contribution in [0.1, 0.15) is 5.56 Å². The second-order valence-electron chi connectivity index (χ2n) is 5.83. The molecule has 124 valence electrons. The maximum absolute atomic E-state index is 14.2. The molecule has 0 unspecified atom stereocenters. The number of hydrogen-bond donors (Lipinski definition) is 0. The summed E-state index contributed by atoms with van der Waals surface area (Å²) >= 11 is 0. The largest absolute Gasteiger partial charge is 0.365 e. The Morgan fingerprint density at radius 2 is 1.83 bits per heavy atom. The van der Waals surface area contributed by atoms with Gasteiger partial charge < -0.3 is 14.7 Å². The number of halogens is 1. The maximum Gasteiger partial charge on any atom is 0.226 e. The SMILES string of the molecule is CN(C)c1nccc(N2CCN(c3c(F)cccc3C#N)CC2)n1. The van der Waals surface area contributed by atoms with Gasteiger partial charge in [0.15, 0.2) is 0 Å². The first-order valence-corrected chi connectivity index (χ1v) is 7.79. The van der Waals surface area contributed by atoms with Crippen molar-refractivity contribution in [2.75, 3.05) is 55.0 Å². The molecule has 0 aliphatic carbocycles. The van der Waals surface area contributed by atoms with Crippen LogP contribution in [-0.4, -0.2) is 50.2 Å². The molecule has 0 N–H and O–H groups in total. The summed E-state index contributed by atoms with van der Waals surface area (Å²) in [7, 11) is 3.80. The summed E-state index contributed by atoms with van der Waals surface area (Å²) in [6.07, 6.45) is 1.74. The van der Waals surface area contributed by atoms with E-state index in [2.05, 4.69) is 20.9 Å². The molecule has 1 aliphatic heterocycles. The molecule has 0 atom stereocenters. The molecule has 3 rings (SSSR count). The van der Waals surface area contributed by atoms with Gasteiger partial charge in [0.05, 0.1) is 11.3 Å². The van der Waals surface area contributed by atoms with Crippen molar-refractivity contribution in [2.45, 2.75) is 0 Å². The monoisotopic (exact) mass is 326 g/mol. The zero-order valence-corrected chi connectivity index (χ0v) is 13.8. The van der Waals surface area contributed by atoms with E-state index in [1.165, 1.54) is 6.07 Å². The fourth-order valence-corrected chi connectivity index (χ4v) is 2.82. The summed E-state index contributed by atoms with van der Waals surface area (Å²) in [5.74, 6) is 1.18. The second-order valence-corrected chi connectivity index (χ2v) is 5.83. The lowest BCUT2D eigenvalue weighted by Gasteiger charge is -2.37. The van der Waals surface area contributed by atoms with Crippen LogP contribution in [0.25, 0.3) is 0 Å². The van der Waals surface area contributed by atoms with Gasteiger partial charge in [-0.15, -0.1) is 0 Å². The lowest BCUT2D eigenvalue weighted by Crippen LogP contribution is -2.47. The van der Waals surface area contributed by atoms with E-state index < -0.39 is 0 Å². The Balaban J connectivity index is 1.75. The highest BCUT2D eigenvalue weighted by molar-refractivity contribution is 5.61. The summed E-state index contributed by atoms with van der Waals surface area (Å²) in [6, 6.07) is 8.57. The molecular weight excluding hydrogens is 307 g/mol. The third-order valence-corrected chi connectivity index (χ3v) is 4.06. The number of benzene rings is 1. The minimum atomic E-state index is -0.348. The summed E-state index contributed by atoms with van der Waals surface area (Å²) in [5, 5.41) is 9.21. The summed E-state index contributed by atoms with van der Waals surface area (Å²) in [6.45, 7) is 2.69. The molecule has 24 heavy (non-hydrogen) atoms. The molecule has 2 heterocycles. The van der Waals surface area contributed by atoms with Gasteiger partial charge in [0.1, 0.15) is 17.7 Å². The van der Waals surface area contributed by atoms with Crippen LogP contribution in [0.5, 0.6) is 0 Å². The van der Waals surface area contributed by atoms with E-state index >= 15 is 0 Å². The predicted octanol–water partition coefficient (Wildman–Crippen LogP) is 1.88. The normalized spacial score (nSPS) is 14.4. The molecule has 7 heteroatoms. The first kappa shape index (κ1) is 16.0. The van der Waals surface area contributed by atoms with Crippen molar-refractivity contribution in [2.24, 2.45) is 0 Å². The van der Waals surface area contributed by atoms with E-state index in [9.17, 15) is 9.65 Å². The highest BCUT2D eigenvalue weighted by atomic mass is 19.1. The molecule has 0 amide bonds. The molecule has 1 aromatic carbocycles. The molecule has 1 fully saturated rings. The van der Waals surface area contributed by atoms with Gasteiger partial charge in [-0.3, -0.25) is 0 Å². The van der Waals surface area contributed by atoms with E-state index in [1.54, 1.807) is 18.3 Å². The van der Waals surface area contributed by atoms with Gasteiger partial charge in [0.25, 0.3) is 0 Å². The average molecular weight is 326 g/mol. The van der Waals surface area contributed by atoms with Crippen molar-refractivity contribution in [3.63, 3.8) is 0 Å². The van der Waals surface area contributed by atoms with Crippen molar-refractivity contribution in [1.29, 1.82) is 5.26 Å². The zero-order chi connectivity index (χ0) is 17.1. The quantitative estimate of drug-likeness (QED) is 0.858.